The van der Waals surface area contributed by atoms with Crippen LogP contribution in [0, 0.1) is 13.8 Å². The fourth-order valence-electron chi connectivity index (χ4n) is 2.20. The summed E-state index contributed by atoms with van der Waals surface area (Å²) in [6.45, 7) is 3.96. The van der Waals surface area contributed by atoms with Crippen LogP contribution in [0.4, 0.5) is 5.69 Å². The number of aromatic amines is 1. The predicted molar refractivity (Wildman–Crippen MR) is 82.8 cm³/mol. The van der Waals surface area contributed by atoms with E-state index >= 15 is 0 Å². The van der Waals surface area contributed by atoms with Crippen molar-refractivity contribution >= 4 is 16.6 Å². The summed E-state index contributed by atoms with van der Waals surface area (Å²) in [5.74, 6) is 0.665. The van der Waals surface area contributed by atoms with Gasteiger partial charge in [0.25, 0.3) is 5.56 Å². The van der Waals surface area contributed by atoms with Crippen LogP contribution in [0.15, 0.2) is 41.2 Å². The molecule has 3 rings (SSSR count). The maximum atomic E-state index is 12.0. The Hall–Kier alpha value is -2.82. The molecular weight excluding hydrogens is 266 g/mol. The topological polar surface area (TPSA) is 81.0 Å². The minimum absolute atomic E-state index is 0.171. The van der Waals surface area contributed by atoms with Crippen molar-refractivity contribution in [3.8, 4) is 11.8 Å². The van der Waals surface area contributed by atoms with Crippen LogP contribution in [0.5, 0.6) is 11.8 Å². The molecule has 0 amide bonds. The molecule has 0 aliphatic rings. The molecule has 0 fully saturated rings. The molecule has 0 aliphatic carbocycles. The highest BCUT2D eigenvalue weighted by atomic mass is 16.5. The lowest BCUT2D eigenvalue weighted by Gasteiger charge is -2.08. The van der Waals surface area contributed by atoms with Gasteiger partial charge in [-0.05, 0) is 43.7 Å². The Labute approximate surface area is 121 Å². The van der Waals surface area contributed by atoms with Gasteiger partial charge in [0.2, 0.25) is 0 Å². The number of nitrogens with zero attached hydrogens (tertiary/aromatic N) is 1. The molecule has 0 atom stereocenters. The zero-order valence-corrected chi connectivity index (χ0v) is 11.8. The smallest absolute Gasteiger partial charge is 0.302 e. The number of nitrogens with two attached hydrogens (primary N) is 1. The third-order valence-corrected chi connectivity index (χ3v) is 3.24. The number of aryl methyl sites for hydroxylation is 2. The van der Waals surface area contributed by atoms with Gasteiger partial charge in [0.1, 0.15) is 5.75 Å². The number of hydrogen-bond donors (Lipinski definition) is 2. The summed E-state index contributed by atoms with van der Waals surface area (Å²) >= 11 is 0. The molecule has 0 bridgehead atoms. The van der Waals surface area contributed by atoms with Crippen molar-refractivity contribution in [3.63, 3.8) is 0 Å². The van der Waals surface area contributed by atoms with E-state index in [9.17, 15) is 4.79 Å². The van der Waals surface area contributed by atoms with Gasteiger partial charge < -0.3 is 10.5 Å². The van der Waals surface area contributed by atoms with E-state index in [-0.39, 0.29) is 11.6 Å². The summed E-state index contributed by atoms with van der Waals surface area (Å²) in [5.41, 5.74) is 8.61. The number of ether oxygens (including phenoxy) is 1. The lowest BCUT2D eigenvalue weighted by Crippen LogP contribution is -2.10. The fraction of sp³-hybridized carbons (Fsp3) is 0.125. The third kappa shape index (κ3) is 2.58. The Morgan fingerprint density at radius 1 is 1.14 bits per heavy atom. The van der Waals surface area contributed by atoms with Gasteiger partial charge in [-0.25, -0.2) is 0 Å². The zero-order chi connectivity index (χ0) is 15.0. The summed E-state index contributed by atoms with van der Waals surface area (Å²) in [5, 5.41) is 0.447. The van der Waals surface area contributed by atoms with Crippen LogP contribution in [-0.4, -0.2) is 9.97 Å². The molecule has 5 heteroatoms. The molecule has 106 valence electrons. The van der Waals surface area contributed by atoms with Crippen molar-refractivity contribution in [2.75, 3.05) is 5.73 Å². The fourth-order valence-corrected chi connectivity index (χ4v) is 2.20. The van der Waals surface area contributed by atoms with Crippen LogP contribution < -0.4 is 16.0 Å². The highest BCUT2D eigenvalue weighted by Gasteiger charge is 2.07. The summed E-state index contributed by atoms with van der Waals surface area (Å²) in [6.07, 6.45) is 0. The van der Waals surface area contributed by atoms with E-state index in [4.69, 9.17) is 10.5 Å². The maximum absolute atomic E-state index is 12.0. The van der Waals surface area contributed by atoms with E-state index in [1.165, 1.54) is 0 Å². The standard InChI is InChI=1S/C16H15N3O2/c1-9-3-6-14(10(2)7-9)21-16-18-13-5-4-11(17)8-12(13)15(20)19-16/h3-8H,17H2,1-2H3,(H,18,19,20). The van der Waals surface area contributed by atoms with Crippen LogP contribution in [-0.2, 0) is 0 Å². The Morgan fingerprint density at radius 3 is 2.71 bits per heavy atom. The minimum atomic E-state index is -0.271. The van der Waals surface area contributed by atoms with Gasteiger partial charge in [-0.1, -0.05) is 17.7 Å². The number of H-pyrrole nitrogens is 1. The number of nitrogen functional groups attached to an aromatic ring is 1. The van der Waals surface area contributed by atoms with Crippen molar-refractivity contribution < 1.29 is 4.74 Å². The number of fused-ring (bicyclic) bond motifs is 1. The maximum Gasteiger partial charge on any atom is 0.302 e. The van der Waals surface area contributed by atoms with Crippen molar-refractivity contribution in [1.29, 1.82) is 0 Å². The summed E-state index contributed by atoms with van der Waals surface area (Å²) in [4.78, 5) is 19.0. The Balaban J connectivity index is 2.05. The molecule has 3 aromatic rings. The van der Waals surface area contributed by atoms with Crippen LogP contribution in [0.2, 0.25) is 0 Å². The van der Waals surface area contributed by atoms with Crippen molar-refractivity contribution in [1.82, 2.24) is 9.97 Å². The highest BCUT2D eigenvalue weighted by molar-refractivity contribution is 5.81. The molecule has 0 saturated carbocycles. The van der Waals surface area contributed by atoms with Gasteiger partial charge in [0.05, 0.1) is 10.9 Å². The molecule has 0 unspecified atom stereocenters. The molecule has 2 aromatic carbocycles. The quantitative estimate of drug-likeness (QED) is 0.708. The van der Waals surface area contributed by atoms with Crippen LogP contribution in [0.3, 0.4) is 0 Å². The number of rotatable bonds is 2. The number of benzene rings is 2. The molecule has 5 nitrogen and oxygen atoms in total. The van der Waals surface area contributed by atoms with Gasteiger partial charge in [-0.2, -0.15) is 4.98 Å². The average Bonchev–Trinajstić information content (AvgIpc) is 2.43. The van der Waals surface area contributed by atoms with Gasteiger partial charge >= 0.3 is 6.01 Å². The molecule has 0 spiro atoms. The molecule has 1 aromatic heterocycles. The van der Waals surface area contributed by atoms with Crippen molar-refractivity contribution in [2.45, 2.75) is 13.8 Å². The van der Waals surface area contributed by atoms with Crippen molar-refractivity contribution in [3.05, 3.63) is 57.9 Å². The van der Waals surface area contributed by atoms with E-state index in [1.54, 1.807) is 18.2 Å². The van der Waals surface area contributed by atoms with E-state index in [1.807, 2.05) is 32.0 Å². The Bertz CT molecular complexity index is 884. The molecule has 1 heterocycles. The van der Waals surface area contributed by atoms with Gasteiger partial charge in [0, 0.05) is 5.69 Å². The largest absolute Gasteiger partial charge is 0.425 e. The van der Waals surface area contributed by atoms with E-state index < -0.39 is 0 Å². The molecule has 3 N–H and O–H groups in total. The van der Waals surface area contributed by atoms with Gasteiger partial charge in [-0.15, -0.1) is 0 Å². The van der Waals surface area contributed by atoms with Crippen molar-refractivity contribution in [2.24, 2.45) is 0 Å². The number of hydrogen-bond acceptors (Lipinski definition) is 4. The van der Waals surface area contributed by atoms with Crippen LogP contribution in [0.25, 0.3) is 10.9 Å². The Kier molecular flexibility index (Phi) is 3.10. The first kappa shape index (κ1) is 13.2. The first-order valence-corrected chi connectivity index (χ1v) is 6.57. The predicted octanol–water partition coefficient (Wildman–Crippen LogP) is 2.91. The molecule has 0 aliphatic heterocycles. The van der Waals surface area contributed by atoms with E-state index in [2.05, 4.69) is 9.97 Å². The number of anilines is 1. The van der Waals surface area contributed by atoms with E-state index in [0.29, 0.717) is 22.3 Å². The second-order valence-electron chi connectivity index (χ2n) is 5.02. The molecule has 0 radical (unpaired) electrons. The summed E-state index contributed by atoms with van der Waals surface area (Å²) in [7, 11) is 0. The lowest BCUT2D eigenvalue weighted by atomic mass is 10.1. The first-order valence-electron chi connectivity index (χ1n) is 6.57. The molecule has 0 saturated heterocycles. The average molecular weight is 281 g/mol. The zero-order valence-electron chi connectivity index (χ0n) is 11.8. The number of nitrogens with one attached hydrogen (secondary N) is 1. The first-order chi connectivity index (χ1) is 10.0. The second kappa shape index (κ2) is 4.94. The van der Waals surface area contributed by atoms with Gasteiger partial charge in [0.15, 0.2) is 0 Å². The minimum Gasteiger partial charge on any atom is -0.425 e. The van der Waals surface area contributed by atoms with Crippen LogP contribution in [0.1, 0.15) is 11.1 Å². The summed E-state index contributed by atoms with van der Waals surface area (Å²) < 4.78 is 5.69. The second-order valence-corrected chi connectivity index (χ2v) is 5.02. The lowest BCUT2D eigenvalue weighted by molar-refractivity contribution is 0.439. The van der Waals surface area contributed by atoms with E-state index in [0.717, 1.165) is 11.1 Å². The molecule has 21 heavy (non-hydrogen) atoms. The summed E-state index contributed by atoms with van der Waals surface area (Å²) in [6, 6.07) is 11.0. The van der Waals surface area contributed by atoms with Gasteiger partial charge in [-0.3, -0.25) is 9.78 Å². The molecular formula is C16H15N3O2. The van der Waals surface area contributed by atoms with Crippen LogP contribution >= 0.6 is 0 Å². The third-order valence-electron chi connectivity index (χ3n) is 3.24. The monoisotopic (exact) mass is 281 g/mol. The Morgan fingerprint density at radius 2 is 1.95 bits per heavy atom. The normalized spacial score (nSPS) is 10.8. The SMILES string of the molecule is Cc1ccc(Oc2nc3ccc(N)cc3c(=O)[nH]2)c(C)c1. The number of aromatic nitrogens is 2. The highest BCUT2D eigenvalue weighted by Crippen LogP contribution is 2.23.